The van der Waals surface area contributed by atoms with Crippen LogP contribution in [0.1, 0.15) is 94.7 Å². The molecule has 3 aromatic rings. The van der Waals surface area contributed by atoms with Crippen LogP contribution in [-0.4, -0.2) is 42.5 Å². The Bertz CT molecular complexity index is 1340. The first kappa shape index (κ1) is 39.4. The number of rotatable bonds is 25. The lowest BCUT2D eigenvalue weighted by Gasteiger charge is -2.30. The molecular formula is C39H57N2O6P. The first-order valence-electron chi connectivity index (χ1n) is 17.7. The zero-order chi connectivity index (χ0) is 34.5. The van der Waals surface area contributed by atoms with Gasteiger partial charge in [-0.2, -0.15) is 5.09 Å². The topological polar surface area (TPSA) is 120 Å². The number of aliphatic hydroxyl groups excluding tert-OH is 1. The van der Waals surface area contributed by atoms with E-state index in [1.165, 1.54) is 44.1 Å². The molecule has 48 heavy (non-hydrogen) atoms. The van der Waals surface area contributed by atoms with Gasteiger partial charge in [0.05, 0.1) is 25.4 Å². The van der Waals surface area contributed by atoms with Crippen molar-refractivity contribution in [2.24, 2.45) is 5.73 Å². The Morgan fingerprint density at radius 3 is 2.02 bits per heavy atom. The SMILES string of the molecule is CCCCCCCCc1ccc(CCC(N)(CO)COP(=O)(N[C@@H](Cc2ccccc2)C(=O)OCCCCC)Oc2ccccc2)cc1. The number of aryl methyl sites for hydroxylation is 2. The molecule has 0 fully saturated rings. The molecule has 0 aromatic heterocycles. The van der Waals surface area contributed by atoms with Gasteiger partial charge in [0.1, 0.15) is 11.8 Å². The molecule has 0 saturated carbocycles. The van der Waals surface area contributed by atoms with E-state index in [0.29, 0.717) is 18.6 Å². The lowest BCUT2D eigenvalue weighted by molar-refractivity contribution is -0.145. The normalized spacial score (nSPS) is 14.5. The lowest BCUT2D eigenvalue weighted by Crippen LogP contribution is -2.49. The van der Waals surface area contributed by atoms with Crippen molar-refractivity contribution in [1.29, 1.82) is 0 Å². The van der Waals surface area contributed by atoms with Crippen LogP contribution in [0.3, 0.4) is 0 Å². The van der Waals surface area contributed by atoms with Gasteiger partial charge in [-0.25, -0.2) is 4.57 Å². The Morgan fingerprint density at radius 1 is 0.792 bits per heavy atom. The highest BCUT2D eigenvalue weighted by Gasteiger charge is 2.37. The molecule has 3 atom stereocenters. The predicted molar refractivity (Wildman–Crippen MR) is 194 cm³/mol. The largest absolute Gasteiger partial charge is 0.465 e. The number of aliphatic hydroxyl groups is 1. The lowest BCUT2D eigenvalue weighted by atomic mass is 9.93. The molecule has 0 aliphatic carbocycles. The molecule has 0 aliphatic rings. The molecule has 0 bridgehead atoms. The summed E-state index contributed by atoms with van der Waals surface area (Å²) in [7, 11) is -4.21. The summed E-state index contributed by atoms with van der Waals surface area (Å²) >= 11 is 0. The van der Waals surface area contributed by atoms with Gasteiger partial charge in [0.2, 0.25) is 0 Å². The van der Waals surface area contributed by atoms with Gasteiger partial charge in [-0.1, -0.05) is 132 Å². The summed E-state index contributed by atoms with van der Waals surface area (Å²) in [4.78, 5) is 13.3. The number of carbonyl (C=O) groups excluding carboxylic acids is 1. The van der Waals surface area contributed by atoms with Crippen LogP contribution in [-0.2, 0) is 37.9 Å². The summed E-state index contributed by atoms with van der Waals surface area (Å²) < 4.78 is 31.9. The van der Waals surface area contributed by atoms with Gasteiger partial charge in [0.25, 0.3) is 0 Å². The fourth-order valence-electron chi connectivity index (χ4n) is 5.34. The van der Waals surface area contributed by atoms with Gasteiger partial charge in [0, 0.05) is 0 Å². The number of nitrogens with one attached hydrogen (secondary N) is 1. The van der Waals surface area contributed by atoms with Crippen LogP contribution in [0, 0.1) is 0 Å². The third-order valence-electron chi connectivity index (χ3n) is 8.43. The van der Waals surface area contributed by atoms with Crippen molar-refractivity contribution >= 4 is 13.7 Å². The van der Waals surface area contributed by atoms with Crippen molar-refractivity contribution in [2.75, 3.05) is 19.8 Å². The average molecular weight is 681 g/mol. The molecule has 0 amide bonds. The fraction of sp³-hybridized carbons (Fsp3) is 0.513. The Labute approximate surface area is 288 Å². The highest BCUT2D eigenvalue weighted by atomic mass is 31.2. The van der Waals surface area contributed by atoms with Crippen molar-refractivity contribution < 1.29 is 28.3 Å². The van der Waals surface area contributed by atoms with Gasteiger partial charge in [-0.3, -0.25) is 9.32 Å². The van der Waals surface area contributed by atoms with E-state index >= 15 is 0 Å². The molecule has 2 unspecified atom stereocenters. The molecule has 0 saturated heterocycles. The van der Waals surface area contributed by atoms with Crippen molar-refractivity contribution in [2.45, 2.75) is 109 Å². The van der Waals surface area contributed by atoms with Gasteiger partial charge in [0.15, 0.2) is 0 Å². The summed E-state index contributed by atoms with van der Waals surface area (Å²) in [5.41, 5.74) is 8.69. The quantitative estimate of drug-likeness (QED) is 0.0464. The Hall–Kier alpha value is -3.00. The second-order valence-corrected chi connectivity index (χ2v) is 14.5. The molecule has 264 valence electrons. The monoisotopic (exact) mass is 680 g/mol. The number of para-hydroxylation sites is 1. The van der Waals surface area contributed by atoms with Gasteiger partial charge >= 0.3 is 13.7 Å². The summed E-state index contributed by atoms with van der Waals surface area (Å²) in [6.45, 7) is 3.93. The van der Waals surface area contributed by atoms with Crippen LogP contribution in [0.2, 0.25) is 0 Å². The number of nitrogens with two attached hydrogens (primary N) is 1. The highest BCUT2D eigenvalue weighted by Crippen LogP contribution is 2.46. The van der Waals surface area contributed by atoms with E-state index in [1.807, 2.05) is 36.4 Å². The summed E-state index contributed by atoms with van der Waals surface area (Å²) in [6.07, 6.45) is 12.6. The van der Waals surface area contributed by atoms with Gasteiger partial charge in [-0.15, -0.1) is 0 Å². The molecular weight excluding hydrogens is 623 g/mol. The maximum Gasteiger partial charge on any atom is 0.459 e. The van der Waals surface area contributed by atoms with E-state index in [-0.39, 0.29) is 26.2 Å². The smallest absolute Gasteiger partial charge is 0.459 e. The molecule has 3 aromatic carbocycles. The van der Waals surface area contributed by atoms with Crippen molar-refractivity contribution in [3.63, 3.8) is 0 Å². The van der Waals surface area contributed by atoms with Gasteiger partial charge in [-0.05, 0) is 67.3 Å². The third kappa shape index (κ3) is 15.0. The molecule has 0 spiro atoms. The van der Waals surface area contributed by atoms with Crippen LogP contribution >= 0.6 is 7.75 Å². The van der Waals surface area contributed by atoms with Crippen LogP contribution in [0.5, 0.6) is 5.75 Å². The molecule has 0 aliphatic heterocycles. The van der Waals surface area contributed by atoms with Crippen molar-refractivity contribution in [3.8, 4) is 5.75 Å². The van der Waals surface area contributed by atoms with E-state index in [0.717, 1.165) is 36.8 Å². The minimum atomic E-state index is -4.21. The highest BCUT2D eigenvalue weighted by molar-refractivity contribution is 7.52. The molecule has 0 radical (unpaired) electrons. The van der Waals surface area contributed by atoms with Crippen molar-refractivity contribution in [3.05, 3.63) is 102 Å². The molecule has 0 heterocycles. The van der Waals surface area contributed by atoms with Gasteiger partial charge < -0.3 is 20.1 Å². The summed E-state index contributed by atoms with van der Waals surface area (Å²) in [5, 5.41) is 13.2. The first-order chi connectivity index (χ1) is 23.3. The van der Waals surface area contributed by atoms with Crippen LogP contribution < -0.4 is 15.3 Å². The number of unbranched alkanes of at least 4 members (excludes halogenated alkanes) is 7. The van der Waals surface area contributed by atoms with Crippen LogP contribution in [0.15, 0.2) is 84.9 Å². The Kier molecular flexibility index (Phi) is 18.0. The number of benzene rings is 3. The minimum absolute atomic E-state index is 0.210. The third-order valence-corrected chi connectivity index (χ3v) is 9.98. The standard InChI is InChI=1S/C39H57N2O6P/c1-3-5-7-8-9-12-18-33-23-25-34(26-24-33)27-28-39(40,31-42)32-46-48(44,47-36-21-15-11-16-22-36)41-37(30-35-19-13-10-14-20-35)38(43)45-29-17-6-4-2/h10-11,13-16,19-26,37,42H,3-9,12,17-18,27-32,40H2,1-2H3,(H,41,44)/t37-,39?,48?/m0/s1. The molecule has 3 rings (SSSR count). The number of hydrogen-bond acceptors (Lipinski definition) is 7. The Morgan fingerprint density at radius 2 is 1.38 bits per heavy atom. The maximum atomic E-state index is 14.4. The zero-order valence-corrected chi connectivity index (χ0v) is 29.9. The first-order valence-corrected chi connectivity index (χ1v) is 19.3. The van der Waals surface area contributed by atoms with E-state index in [9.17, 15) is 14.5 Å². The van der Waals surface area contributed by atoms with Crippen LogP contribution in [0.25, 0.3) is 0 Å². The average Bonchev–Trinajstić information content (AvgIpc) is 3.11. The second kappa shape index (κ2) is 21.9. The number of hydrogen-bond donors (Lipinski definition) is 3. The Balaban J connectivity index is 1.68. The van der Waals surface area contributed by atoms with Crippen LogP contribution in [0.4, 0.5) is 0 Å². The molecule has 9 heteroatoms. The van der Waals surface area contributed by atoms with E-state index < -0.39 is 25.3 Å². The van der Waals surface area contributed by atoms with E-state index in [4.69, 9.17) is 19.5 Å². The summed E-state index contributed by atoms with van der Waals surface area (Å²) in [5.74, 6) is -0.243. The zero-order valence-electron chi connectivity index (χ0n) is 29.0. The molecule has 4 N–H and O–H groups in total. The number of carbonyl (C=O) groups is 1. The van der Waals surface area contributed by atoms with E-state index in [2.05, 4.69) is 43.2 Å². The second-order valence-electron chi connectivity index (χ2n) is 12.8. The number of esters is 1. The van der Waals surface area contributed by atoms with E-state index in [1.54, 1.807) is 24.3 Å². The predicted octanol–water partition coefficient (Wildman–Crippen LogP) is 8.35. The maximum absolute atomic E-state index is 14.4. The fourth-order valence-corrected chi connectivity index (χ4v) is 6.93. The molecule has 8 nitrogen and oxygen atoms in total. The summed E-state index contributed by atoms with van der Waals surface area (Å²) in [6, 6.07) is 25.6. The number of ether oxygens (including phenoxy) is 1. The van der Waals surface area contributed by atoms with Crippen molar-refractivity contribution in [1.82, 2.24) is 5.09 Å². The minimum Gasteiger partial charge on any atom is -0.465 e.